The maximum atomic E-state index is 12.0. The van der Waals surface area contributed by atoms with Crippen molar-refractivity contribution < 1.29 is 14.7 Å². The minimum absolute atomic E-state index is 0.186. The van der Waals surface area contributed by atoms with E-state index in [9.17, 15) is 9.59 Å². The van der Waals surface area contributed by atoms with Crippen LogP contribution in [0.1, 0.15) is 17.5 Å². The van der Waals surface area contributed by atoms with Crippen LogP contribution in [0.2, 0.25) is 0 Å². The lowest BCUT2D eigenvalue weighted by atomic mass is 10.1. The summed E-state index contributed by atoms with van der Waals surface area (Å²) >= 11 is 1.76. The molecular weight excluding hydrogens is 288 g/mol. The number of nitrogens with one attached hydrogen (secondary N) is 1. The van der Waals surface area contributed by atoms with Crippen LogP contribution >= 0.6 is 11.8 Å². The fraction of sp³-hybridized carbons (Fsp3) is 0.467. The third kappa shape index (κ3) is 4.39. The molecule has 1 fully saturated rings. The van der Waals surface area contributed by atoms with Gasteiger partial charge in [-0.3, -0.25) is 4.79 Å². The number of carbonyl (C=O) groups excluding carboxylic acids is 1. The molecule has 0 radical (unpaired) electrons. The van der Waals surface area contributed by atoms with Crippen molar-refractivity contribution in [3.63, 3.8) is 0 Å². The van der Waals surface area contributed by atoms with Gasteiger partial charge in [0.05, 0.1) is 5.92 Å². The van der Waals surface area contributed by atoms with E-state index in [4.69, 9.17) is 5.11 Å². The molecule has 5 nitrogen and oxygen atoms in total. The van der Waals surface area contributed by atoms with E-state index < -0.39 is 11.9 Å². The zero-order valence-corrected chi connectivity index (χ0v) is 12.9. The first kappa shape index (κ1) is 15.7. The van der Waals surface area contributed by atoms with E-state index in [0.717, 1.165) is 11.3 Å². The van der Waals surface area contributed by atoms with Gasteiger partial charge in [0.25, 0.3) is 0 Å². The first-order valence-corrected chi connectivity index (χ1v) is 8.32. The molecule has 0 bridgehead atoms. The molecule has 0 saturated carbocycles. The van der Waals surface area contributed by atoms with Crippen LogP contribution in [-0.2, 0) is 17.1 Å². The van der Waals surface area contributed by atoms with E-state index in [-0.39, 0.29) is 6.03 Å². The Balaban J connectivity index is 1.84. The molecule has 6 heteroatoms. The first-order valence-electron chi connectivity index (χ1n) is 6.92. The summed E-state index contributed by atoms with van der Waals surface area (Å²) in [5.41, 5.74) is 2.30. The minimum Gasteiger partial charge on any atom is -0.481 e. The van der Waals surface area contributed by atoms with E-state index in [0.29, 0.717) is 26.1 Å². The number of urea groups is 1. The van der Waals surface area contributed by atoms with E-state index in [1.54, 1.807) is 16.7 Å². The quantitative estimate of drug-likeness (QED) is 0.874. The third-order valence-electron chi connectivity index (χ3n) is 3.57. The standard InChI is InChI=1S/C15H20N2O3S/c1-21-10-12-4-2-3-11(7-12)8-16-15(20)17-6-5-13(9-17)14(18)19/h2-4,7,13H,5-6,8-10H2,1H3,(H,16,20)(H,18,19). The monoisotopic (exact) mass is 308 g/mol. The number of nitrogens with zero attached hydrogens (tertiary/aromatic N) is 1. The van der Waals surface area contributed by atoms with Crippen LogP contribution < -0.4 is 5.32 Å². The molecule has 1 aromatic carbocycles. The summed E-state index contributed by atoms with van der Waals surface area (Å²) in [4.78, 5) is 24.5. The molecule has 2 amide bonds. The van der Waals surface area contributed by atoms with E-state index in [1.165, 1.54) is 5.56 Å². The molecule has 2 rings (SSSR count). The number of thioether (sulfide) groups is 1. The average molecular weight is 308 g/mol. The van der Waals surface area contributed by atoms with Crippen LogP contribution in [0.4, 0.5) is 4.79 Å². The number of benzene rings is 1. The van der Waals surface area contributed by atoms with Gasteiger partial charge in [-0.15, -0.1) is 0 Å². The number of carboxylic acids is 1. The fourth-order valence-electron chi connectivity index (χ4n) is 2.43. The van der Waals surface area contributed by atoms with Crippen molar-refractivity contribution in [2.45, 2.75) is 18.7 Å². The molecule has 1 heterocycles. The maximum absolute atomic E-state index is 12.0. The highest BCUT2D eigenvalue weighted by molar-refractivity contribution is 7.97. The molecule has 114 valence electrons. The number of carboxylic acid groups (broad SMARTS) is 1. The summed E-state index contributed by atoms with van der Waals surface area (Å²) in [7, 11) is 0. The summed E-state index contributed by atoms with van der Waals surface area (Å²) in [5.74, 6) is -0.301. The Morgan fingerprint density at radius 2 is 2.19 bits per heavy atom. The van der Waals surface area contributed by atoms with Crippen molar-refractivity contribution in [3.8, 4) is 0 Å². The predicted molar refractivity (Wildman–Crippen MR) is 83.2 cm³/mol. The summed E-state index contributed by atoms with van der Waals surface area (Å²) in [6.07, 6.45) is 2.59. The largest absolute Gasteiger partial charge is 0.481 e. The highest BCUT2D eigenvalue weighted by Crippen LogP contribution is 2.16. The van der Waals surface area contributed by atoms with Gasteiger partial charge in [-0.1, -0.05) is 24.3 Å². The summed E-state index contributed by atoms with van der Waals surface area (Å²) in [6, 6.07) is 7.94. The summed E-state index contributed by atoms with van der Waals surface area (Å²) in [5, 5.41) is 11.8. The Hall–Kier alpha value is -1.69. The molecule has 0 spiro atoms. The van der Waals surface area contributed by atoms with Crippen LogP contribution in [0.15, 0.2) is 24.3 Å². The fourth-order valence-corrected chi connectivity index (χ4v) is 2.94. The van der Waals surface area contributed by atoms with Crippen molar-refractivity contribution in [2.24, 2.45) is 5.92 Å². The lowest BCUT2D eigenvalue weighted by Crippen LogP contribution is -2.38. The van der Waals surface area contributed by atoms with Gasteiger partial charge in [0.15, 0.2) is 0 Å². The molecule has 2 N–H and O–H groups in total. The number of hydrogen-bond acceptors (Lipinski definition) is 3. The van der Waals surface area contributed by atoms with Gasteiger partial charge >= 0.3 is 12.0 Å². The van der Waals surface area contributed by atoms with Crippen LogP contribution in [-0.4, -0.2) is 41.4 Å². The molecule has 21 heavy (non-hydrogen) atoms. The maximum Gasteiger partial charge on any atom is 0.317 e. The number of hydrogen-bond donors (Lipinski definition) is 2. The SMILES string of the molecule is CSCc1cccc(CNC(=O)N2CCC(C(=O)O)C2)c1. The summed E-state index contributed by atoms with van der Waals surface area (Å²) < 4.78 is 0. The topological polar surface area (TPSA) is 69.6 Å². The number of carbonyl (C=O) groups is 2. The Kier molecular flexibility index (Phi) is 5.50. The zero-order valence-electron chi connectivity index (χ0n) is 12.0. The van der Waals surface area contributed by atoms with Gasteiger partial charge in [-0.25, -0.2) is 4.79 Å². The van der Waals surface area contributed by atoms with Crippen LogP contribution in [0.25, 0.3) is 0 Å². The van der Waals surface area contributed by atoms with Gasteiger partial charge in [0, 0.05) is 25.4 Å². The highest BCUT2D eigenvalue weighted by Gasteiger charge is 2.30. The van der Waals surface area contributed by atoms with Crippen molar-refractivity contribution in [1.82, 2.24) is 10.2 Å². The van der Waals surface area contributed by atoms with Crippen molar-refractivity contribution in [1.29, 1.82) is 0 Å². The second kappa shape index (κ2) is 7.36. The van der Waals surface area contributed by atoms with Gasteiger partial charge in [-0.2, -0.15) is 11.8 Å². The van der Waals surface area contributed by atoms with Crippen LogP contribution in [0.5, 0.6) is 0 Å². The molecule has 1 saturated heterocycles. The average Bonchev–Trinajstić information content (AvgIpc) is 2.96. The Labute approximate surface area is 128 Å². The molecule has 1 atom stereocenters. The smallest absolute Gasteiger partial charge is 0.317 e. The number of likely N-dealkylation sites (tertiary alicyclic amines) is 1. The second-order valence-corrected chi connectivity index (χ2v) is 6.05. The minimum atomic E-state index is -0.824. The zero-order chi connectivity index (χ0) is 15.2. The van der Waals surface area contributed by atoms with Gasteiger partial charge < -0.3 is 15.3 Å². The van der Waals surface area contributed by atoms with Gasteiger partial charge in [-0.05, 0) is 23.8 Å². The normalized spacial score (nSPS) is 17.8. The number of aliphatic carboxylic acids is 1. The molecular formula is C15H20N2O3S. The molecule has 1 aromatic rings. The highest BCUT2D eigenvalue weighted by atomic mass is 32.2. The second-order valence-electron chi connectivity index (χ2n) is 5.18. The molecule has 1 aliphatic rings. The van der Waals surface area contributed by atoms with E-state index in [1.807, 2.05) is 12.1 Å². The van der Waals surface area contributed by atoms with Crippen molar-refractivity contribution >= 4 is 23.8 Å². The molecule has 1 unspecified atom stereocenters. The summed E-state index contributed by atoms with van der Waals surface area (Å²) in [6.45, 7) is 1.28. The predicted octanol–water partition coefficient (Wildman–Crippen LogP) is 2.17. The van der Waals surface area contributed by atoms with Crippen molar-refractivity contribution in [3.05, 3.63) is 35.4 Å². The Morgan fingerprint density at radius 1 is 1.43 bits per heavy atom. The van der Waals surface area contributed by atoms with Crippen LogP contribution in [0.3, 0.4) is 0 Å². The molecule has 0 aliphatic carbocycles. The van der Waals surface area contributed by atoms with Crippen molar-refractivity contribution in [2.75, 3.05) is 19.3 Å². The van der Waals surface area contributed by atoms with Crippen LogP contribution in [0, 0.1) is 5.92 Å². The number of amides is 2. The van der Waals surface area contributed by atoms with E-state index >= 15 is 0 Å². The van der Waals surface area contributed by atoms with E-state index in [2.05, 4.69) is 23.7 Å². The lowest BCUT2D eigenvalue weighted by Gasteiger charge is -2.17. The Bertz CT molecular complexity index is 521. The number of rotatable bonds is 5. The lowest BCUT2D eigenvalue weighted by molar-refractivity contribution is -0.141. The molecule has 0 aromatic heterocycles. The Morgan fingerprint density at radius 3 is 2.86 bits per heavy atom. The first-order chi connectivity index (χ1) is 10.1. The van der Waals surface area contributed by atoms with Gasteiger partial charge in [0.2, 0.25) is 0 Å². The molecule has 1 aliphatic heterocycles. The van der Waals surface area contributed by atoms with Gasteiger partial charge in [0.1, 0.15) is 0 Å². The third-order valence-corrected chi connectivity index (χ3v) is 4.19.